The molecule has 0 bridgehead atoms. The fraction of sp³-hybridized carbons (Fsp3) is 0.0625. The molecule has 1 aromatic heterocycles. The first-order valence-electron chi connectivity index (χ1n) is 7.10. The zero-order chi connectivity index (χ0) is 17.2. The molecule has 0 fully saturated rings. The minimum Gasteiger partial charge on any atom is -0.355 e. The third-order valence-corrected chi connectivity index (χ3v) is 4.87. The van der Waals surface area contributed by atoms with Gasteiger partial charge in [0.25, 0.3) is 10.0 Å². The van der Waals surface area contributed by atoms with Crippen molar-refractivity contribution in [3.05, 3.63) is 71.5 Å². The second-order valence-corrected chi connectivity index (χ2v) is 7.25. The van der Waals surface area contributed by atoms with Gasteiger partial charge in [0.05, 0.1) is 11.1 Å². The molecule has 0 radical (unpaired) electrons. The van der Waals surface area contributed by atoms with Crippen molar-refractivity contribution in [1.29, 1.82) is 0 Å². The van der Waals surface area contributed by atoms with E-state index in [1.165, 1.54) is 18.5 Å². The Morgan fingerprint density at radius 3 is 2.62 bits per heavy atom. The van der Waals surface area contributed by atoms with E-state index < -0.39 is 10.0 Å². The molecule has 0 unspecified atom stereocenters. The summed E-state index contributed by atoms with van der Waals surface area (Å²) in [4.78, 5) is 3.66. The lowest BCUT2D eigenvalue weighted by molar-refractivity contribution is 0.591. The Hall–Kier alpha value is -2.51. The highest BCUT2D eigenvalue weighted by Crippen LogP contribution is 2.25. The monoisotopic (exact) mass is 362 g/mol. The number of anilines is 2. The number of hydrogen-bond acceptors (Lipinski definition) is 4. The number of benzene rings is 2. The van der Waals surface area contributed by atoms with Gasteiger partial charge in [-0.3, -0.25) is 0 Å². The molecule has 3 aromatic rings. The van der Waals surface area contributed by atoms with E-state index in [1.807, 2.05) is 19.1 Å². The highest BCUT2D eigenvalue weighted by Gasteiger charge is 2.15. The Labute approximate surface area is 145 Å². The highest BCUT2D eigenvalue weighted by molar-refractivity contribution is 7.92. The second kappa shape index (κ2) is 6.54. The van der Waals surface area contributed by atoms with Gasteiger partial charge in [0.15, 0.2) is 0 Å². The molecule has 0 saturated carbocycles. The number of aromatic nitrogens is 2. The Bertz CT molecular complexity index is 956. The maximum Gasteiger partial charge on any atom is 0.276 e. The molecule has 0 spiro atoms. The van der Waals surface area contributed by atoms with Crippen LogP contribution in [-0.2, 0) is 10.0 Å². The summed E-state index contributed by atoms with van der Waals surface area (Å²) in [5, 5.41) is 7.68. The Kier molecular flexibility index (Phi) is 4.46. The van der Waals surface area contributed by atoms with Gasteiger partial charge in [0.1, 0.15) is 0 Å². The Morgan fingerprint density at radius 2 is 1.96 bits per heavy atom. The van der Waals surface area contributed by atoms with Crippen LogP contribution in [-0.4, -0.2) is 18.3 Å². The summed E-state index contributed by atoms with van der Waals surface area (Å²) in [6.45, 7) is 1.83. The molecule has 0 aliphatic heterocycles. The fourth-order valence-electron chi connectivity index (χ4n) is 2.16. The first-order chi connectivity index (χ1) is 11.4. The molecule has 0 amide bonds. The van der Waals surface area contributed by atoms with E-state index in [0.29, 0.717) is 5.02 Å². The van der Waals surface area contributed by atoms with Crippen LogP contribution in [0, 0.1) is 6.92 Å². The van der Waals surface area contributed by atoms with Crippen LogP contribution < -0.4 is 10.1 Å². The summed E-state index contributed by atoms with van der Waals surface area (Å²) in [6, 6.07) is 13.8. The number of nitrogens with one attached hydrogen (secondary N) is 2. The molecular weight excluding hydrogens is 348 g/mol. The lowest BCUT2D eigenvalue weighted by Crippen LogP contribution is -2.23. The Balaban J connectivity index is 1.84. The van der Waals surface area contributed by atoms with Gasteiger partial charge >= 0.3 is 0 Å². The summed E-state index contributed by atoms with van der Waals surface area (Å²) in [5.74, 6) is 0. The van der Waals surface area contributed by atoms with E-state index in [2.05, 4.69) is 15.2 Å². The van der Waals surface area contributed by atoms with E-state index in [0.717, 1.165) is 21.7 Å². The summed E-state index contributed by atoms with van der Waals surface area (Å²) in [5.41, 5.74) is 2.42. The first kappa shape index (κ1) is 16.4. The number of aryl methyl sites for hydroxylation is 1. The summed E-state index contributed by atoms with van der Waals surface area (Å²) < 4.78 is 24.7. The zero-order valence-corrected chi connectivity index (χ0v) is 14.3. The van der Waals surface area contributed by atoms with Gasteiger partial charge < -0.3 is 5.32 Å². The molecule has 0 saturated heterocycles. The highest BCUT2D eigenvalue weighted by atomic mass is 35.5. The average Bonchev–Trinajstić information content (AvgIpc) is 3.01. The average molecular weight is 363 g/mol. The number of rotatable bonds is 5. The molecule has 0 atom stereocenters. The van der Waals surface area contributed by atoms with Crippen molar-refractivity contribution in [3.63, 3.8) is 0 Å². The van der Waals surface area contributed by atoms with Crippen molar-refractivity contribution in [3.8, 4) is 0 Å². The van der Waals surface area contributed by atoms with Crippen molar-refractivity contribution in [1.82, 2.24) is 9.89 Å². The van der Waals surface area contributed by atoms with Crippen LogP contribution in [0.15, 0.2) is 65.8 Å². The van der Waals surface area contributed by atoms with Gasteiger partial charge in [-0.25, -0.2) is 4.83 Å². The largest absolute Gasteiger partial charge is 0.355 e. The summed E-state index contributed by atoms with van der Waals surface area (Å²) in [7, 11) is -3.70. The van der Waals surface area contributed by atoms with E-state index in [-0.39, 0.29) is 4.90 Å². The molecule has 0 aliphatic rings. The van der Waals surface area contributed by atoms with E-state index in [9.17, 15) is 8.42 Å². The first-order valence-corrected chi connectivity index (χ1v) is 8.96. The van der Waals surface area contributed by atoms with Crippen LogP contribution in [0.2, 0.25) is 5.02 Å². The van der Waals surface area contributed by atoms with E-state index >= 15 is 0 Å². The SMILES string of the molecule is Cc1cc(S(=O)(=O)Nn2cccn2)ccc1Nc1cccc(Cl)c1. The third-order valence-electron chi connectivity index (χ3n) is 3.33. The molecule has 3 rings (SSSR count). The minimum absolute atomic E-state index is 0.159. The standard InChI is InChI=1S/C16H15ClN4O2S/c1-12-10-15(24(22,23)20-21-9-3-8-18-21)6-7-16(12)19-14-5-2-4-13(17)11-14/h2-11,19-20H,1H3. The Morgan fingerprint density at radius 1 is 1.12 bits per heavy atom. The smallest absolute Gasteiger partial charge is 0.276 e. The van der Waals surface area contributed by atoms with Crippen molar-refractivity contribution in [2.45, 2.75) is 11.8 Å². The number of nitrogens with zero attached hydrogens (tertiary/aromatic N) is 2. The molecule has 0 aliphatic carbocycles. The molecular formula is C16H15ClN4O2S. The number of halogens is 1. The molecule has 2 aromatic carbocycles. The zero-order valence-electron chi connectivity index (χ0n) is 12.8. The van der Waals surface area contributed by atoms with Crippen molar-refractivity contribution in [2.75, 3.05) is 10.1 Å². The van der Waals surface area contributed by atoms with Crippen LogP contribution in [0.5, 0.6) is 0 Å². The maximum absolute atomic E-state index is 12.4. The third kappa shape index (κ3) is 3.69. The van der Waals surface area contributed by atoms with Crippen molar-refractivity contribution in [2.24, 2.45) is 0 Å². The lowest BCUT2D eigenvalue weighted by atomic mass is 10.2. The van der Waals surface area contributed by atoms with Gasteiger partial charge in [-0.05, 0) is 55.0 Å². The van der Waals surface area contributed by atoms with Crippen molar-refractivity contribution < 1.29 is 8.42 Å². The molecule has 8 heteroatoms. The predicted molar refractivity (Wildman–Crippen MR) is 94.7 cm³/mol. The molecule has 24 heavy (non-hydrogen) atoms. The van der Waals surface area contributed by atoms with Gasteiger partial charge in [0, 0.05) is 22.6 Å². The van der Waals surface area contributed by atoms with Gasteiger partial charge in [-0.1, -0.05) is 17.7 Å². The van der Waals surface area contributed by atoms with E-state index in [4.69, 9.17) is 11.6 Å². The number of sulfonamides is 1. The van der Waals surface area contributed by atoms with Crippen LogP contribution in [0.1, 0.15) is 5.56 Å². The van der Waals surface area contributed by atoms with Crippen LogP contribution in [0.4, 0.5) is 11.4 Å². The quantitative estimate of drug-likeness (QED) is 0.728. The van der Waals surface area contributed by atoms with E-state index in [1.54, 1.807) is 30.3 Å². The van der Waals surface area contributed by atoms with Gasteiger partial charge in [0.2, 0.25) is 0 Å². The van der Waals surface area contributed by atoms with Gasteiger partial charge in [-0.15, -0.1) is 0 Å². The van der Waals surface area contributed by atoms with Crippen molar-refractivity contribution >= 4 is 33.0 Å². The normalized spacial score (nSPS) is 11.2. The molecule has 1 heterocycles. The summed E-state index contributed by atoms with van der Waals surface area (Å²) >= 11 is 5.97. The fourth-order valence-corrected chi connectivity index (χ4v) is 3.39. The van der Waals surface area contributed by atoms with Gasteiger partial charge in [-0.2, -0.15) is 18.3 Å². The van der Waals surface area contributed by atoms with Crippen LogP contribution in [0.25, 0.3) is 0 Å². The summed E-state index contributed by atoms with van der Waals surface area (Å²) in [6.07, 6.45) is 3.01. The maximum atomic E-state index is 12.4. The molecule has 124 valence electrons. The molecule has 6 nitrogen and oxygen atoms in total. The second-order valence-electron chi connectivity index (χ2n) is 5.16. The lowest BCUT2D eigenvalue weighted by Gasteiger charge is -2.12. The number of hydrogen-bond donors (Lipinski definition) is 2. The molecule has 2 N–H and O–H groups in total. The predicted octanol–water partition coefficient (Wildman–Crippen LogP) is 3.52. The van der Waals surface area contributed by atoms with Crippen LogP contribution >= 0.6 is 11.6 Å². The minimum atomic E-state index is -3.70. The van der Waals surface area contributed by atoms with Crippen LogP contribution in [0.3, 0.4) is 0 Å². The topological polar surface area (TPSA) is 76.0 Å².